The van der Waals surface area contributed by atoms with Gasteiger partial charge in [-0.25, -0.2) is 4.98 Å². The van der Waals surface area contributed by atoms with Gasteiger partial charge in [-0.05, 0) is 50.7 Å². The number of rotatable bonds is 6. The summed E-state index contributed by atoms with van der Waals surface area (Å²) in [5, 5.41) is 9.89. The number of imidazole rings is 2. The molecule has 41 heavy (non-hydrogen) atoms. The summed E-state index contributed by atoms with van der Waals surface area (Å²) in [7, 11) is 1.99. The van der Waals surface area contributed by atoms with E-state index in [0.717, 1.165) is 105 Å². The molecule has 3 fully saturated rings. The molecule has 5 heterocycles. The third-order valence-corrected chi connectivity index (χ3v) is 9.04. The summed E-state index contributed by atoms with van der Waals surface area (Å²) in [6, 6.07) is 9.32. The van der Waals surface area contributed by atoms with Crippen LogP contribution in [0.5, 0.6) is 6.01 Å². The molecule has 2 saturated heterocycles. The standard InChI is InChI=1S/C30H40N8O3/c1-3-25-31-23-6-4-5-7-24(23)38(25)29-33-27-26(28(34-29)37-16-18-40-19-17-37)32-30(35(27)2)41-22-12-14-36(15-13-22)20-8-10-21(39)11-9-20/h4-7,20-22,39H,3,8-19H2,1-2H3. The van der Waals surface area contributed by atoms with Gasteiger partial charge in [0.2, 0.25) is 5.95 Å². The summed E-state index contributed by atoms with van der Waals surface area (Å²) in [6.45, 7) is 6.96. The summed E-state index contributed by atoms with van der Waals surface area (Å²) >= 11 is 0. The molecule has 0 radical (unpaired) electrons. The van der Waals surface area contributed by atoms with E-state index in [1.165, 1.54) is 0 Å². The normalized spacial score (nSPS) is 23.0. The first-order chi connectivity index (χ1) is 20.1. The average molecular weight is 561 g/mol. The van der Waals surface area contributed by atoms with Crippen molar-refractivity contribution in [2.45, 2.75) is 70.1 Å². The van der Waals surface area contributed by atoms with Crippen LogP contribution >= 0.6 is 0 Å². The van der Waals surface area contributed by atoms with Crippen LogP contribution in [0.4, 0.5) is 5.82 Å². The predicted molar refractivity (Wildman–Crippen MR) is 157 cm³/mol. The number of fused-ring (bicyclic) bond motifs is 2. The van der Waals surface area contributed by atoms with Crippen molar-refractivity contribution in [2.75, 3.05) is 44.3 Å². The van der Waals surface area contributed by atoms with E-state index in [-0.39, 0.29) is 12.2 Å². The van der Waals surface area contributed by atoms with E-state index in [9.17, 15) is 5.11 Å². The number of anilines is 1. The first-order valence-corrected chi connectivity index (χ1v) is 15.2. The van der Waals surface area contributed by atoms with Gasteiger partial charge in [0.05, 0.1) is 30.4 Å². The van der Waals surface area contributed by atoms with Crippen molar-refractivity contribution in [3.05, 3.63) is 30.1 Å². The van der Waals surface area contributed by atoms with Crippen LogP contribution in [-0.2, 0) is 18.2 Å². The lowest BCUT2D eigenvalue weighted by atomic mass is 9.90. The van der Waals surface area contributed by atoms with Crippen molar-refractivity contribution in [1.82, 2.24) is 34.0 Å². The van der Waals surface area contributed by atoms with Gasteiger partial charge in [0.15, 0.2) is 17.0 Å². The zero-order valence-electron chi connectivity index (χ0n) is 24.1. The molecule has 11 heteroatoms. The minimum Gasteiger partial charge on any atom is -0.461 e. The van der Waals surface area contributed by atoms with Gasteiger partial charge in [-0.1, -0.05) is 19.1 Å². The highest BCUT2D eigenvalue weighted by Crippen LogP contribution is 2.32. The molecule has 1 aliphatic carbocycles. The smallest absolute Gasteiger partial charge is 0.298 e. The highest BCUT2D eigenvalue weighted by molar-refractivity contribution is 5.86. The second-order valence-corrected chi connectivity index (χ2v) is 11.6. The van der Waals surface area contributed by atoms with Crippen LogP contribution in [0.25, 0.3) is 28.1 Å². The number of aryl methyl sites for hydroxylation is 2. The number of aliphatic hydroxyl groups excluding tert-OH is 1. The Balaban J connectivity index is 1.21. The van der Waals surface area contributed by atoms with Crippen LogP contribution in [0.15, 0.2) is 24.3 Å². The molecule has 2 aliphatic heterocycles. The number of nitrogens with zero attached hydrogens (tertiary/aromatic N) is 8. The number of ether oxygens (including phenoxy) is 2. The summed E-state index contributed by atoms with van der Waals surface area (Å²) in [5.41, 5.74) is 3.44. The van der Waals surface area contributed by atoms with E-state index in [1.807, 2.05) is 29.8 Å². The summed E-state index contributed by atoms with van der Waals surface area (Å²) in [5.74, 6) is 2.34. The number of para-hydroxylation sites is 2. The molecule has 1 N–H and O–H groups in total. The summed E-state index contributed by atoms with van der Waals surface area (Å²) in [4.78, 5) is 24.9. The molecule has 4 aromatic rings. The van der Waals surface area contributed by atoms with Crippen LogP contribution in [0.1, 0.15) is 51.3 Å². The Morgan fingerprint density at radius 1 is 0.927 bits per heavy atom. The predicted octanol–water partition coefficient (Wildman–Crippen LogP) is 3.25. The lowest BCUT2D eigenvalue weighted by molar-refractivity contribution is 0.0337. The van der Waals surface area contributed by atoms with Crippen LogP contribution in [0, 0.1) is 0 Å². The third kappa shape index (κ3) is 5.04. The molecule has 11 nitrogen and oxygen atoms in total. The Kier molecular flexibility index (Phi) is 7.26. The molecular formula is C30H40N8O3. The lowest BCUT2D eigenvalue weighted by Gasteiger charge is -2.39. The molecule has 3 aliphatic rings. The number of benzene rings is 1. The monoisotopic (exact) mass is 560 g/mol. The van der Waals surface area contributed by atoms with Crippen molar-refractivity contribution >= 4 is 28.0 Å². The SMILES string of the molecule is CCc1nc2ccccc2n1-c1nc(N2CCOCC2)c2nc(OC3CCN(C4CCC(O)CC4)CC3)n(C)c2n1. The fraction of sp³-hybridized carbons (Fsp3) is 0.600. The van der Waals surface area contributed by atoms with E-state index >= 15 is 0 Å². The van der Waals surface area contributed by atoms with Crippen LogP contribution < -0.4 is 9.64 Å². The second-order valence-electron chi connectivity index (χ2n) is 11.6. The van der Waals surface area contributed by atoms with Gasteiger partial charge in [-0.2, -0.15) is 15.0 Å². The van der Waals surface area contributed by atoms with Gasteiger partial charge < -0.3 is 24.4 Å². The number of likely N-dealkylation sites (tertiary alicyclic amines) is 1. The Hall–Kier alpha value is -3.28. The van der Waals surface area contributed by atoms with Crippen LogP contribution in [0.3, 0.4) is 0 Å². The maximum absolute atomic E-state index is 9.89. The van der Waals surface area contributed by atoms with Gasteiger partial charge in [0.25, 0.3) is 6.01 Å². The molecule has 0 amide bonds. The number of hydrogen-bond acceptors (Lipinski definition) is 9. The Morgan fingerprint density at radius 3 is 2.44 bits per heavy atom. The Morgan fingerprint density at radius 2 is 1.68 bits per heavy atom. The third-order valence-electron chi connectivity index (χ3n) is 9.04. The number of aromatic nitrogens is 6. The number of piperidine rings is 1. The van der Waals surface area contributed by atoms with Crippen molar-refractivity contribution in [3.8, 4) is 12.0 Å². The molecule has 0 unspecified atom stereocenters. The molecule has 0 atom stereocenters. The first kappa shape index (κ1) is 26.6. The van der Waals surface area contributed by atoms with E-state index < -0.39 is 0 Å². The highest BCUT2D eigenvalue weighted by atomic mass is 16.5. The van der Waals surface area contributed by atoms with Crippen LogP contribution in [0.2, 0.25) is 0 Å². The quantitative estimate of drug-likeness (QED) is 0.380. The maximum atomic E-state index is 9.89. The number of hydrogen-bond donors (Lipinski definition) is 1. The Labute approximate surface area is 240 Å². The van der Waals surface area contributed by atoms with E-state index in [2.05, 4.69) is 27.4 Å². The van der Waals surface area contributed by atoms with Crippen molar-refractivity contribution in [2.24, 2.45) is 7.05 Å². The van der Waals surface area contributed by atoms with E-state index in [1.54, 1.807) is 0 Å². The van der Waals surface area contributed by atoms with Crippen molar-refractivity contribution < 1.29 is 14.6 Å². The molecule has 0 spiro atoms. The molecule has 0 bridgehead atoms. The van der Waals surface area contributed by atoms with Gasteiger partial charge in [0, 0.05) is 45.7 Å². The highest BCUT2D eigenvalue weighted by Gasteiger charge is 2.31. The van der Waals surface area contributed by atoms with Gasteiger partial charge in [-0.15, -0.1) is 0 Å². The molecular weight excluding hydrogens is 520 g/mol. The second kappa shape index (κ2) is 11.2. The Bertz CT molecular complexity index is 1510. The van der Waals surface area contributed by atoms with Gasteiger partial charge >= 0.3 is 0 Å². The minimum absolute atomic E-state index is 0.111. The van der Waals surface area contributed by atoms with E-state index in [4.69, 9.17) is 29.4 Å². The van der Waals surface area contributed by atoms with Crippen molar-refractivity contribution in [3.63, 3.8) is 0 Å². The average Bonchev–Trinajstić information content (AvgIpc) is 3.55. The number of morpholine rings is 1. The first-order valence-electron chi connectivity index (χ1n) is 15.2. The minimum atomic E-state index is -0.114. The zero-order chi connectivity index (χ0) is 27.9. The fourth-order valence-corrected chi connectivity index (χ4v) is 6.68. The summed E-state index contributed by atoms with van der Waals surface area (Å²) in [6.07, 6.45) is 6.73. The van der Waals surface area contributed by atoms with Gasteiger partial charge in [0.1, 0.15) is 11.9 Å². The molecule has 3 aromatic heterocycles. The molecule has 1 aromatic carbocycles. The number of aliphatic hydroxyl groups is 1. The summed E-state index contributed by atoms with van der Waals surface area (Å²) < 4.78 is 16.3. The van der Waals surface area contributed by atoms with Crippen LogP contribution in [-0.4, -0.2) is 96.7 Å². The molecule has 218 valence electrons. The zero-order valence-corrected chi connectivity index (χ0v) is 24.1. The lowest BCUT2D eigenvalue weighted by Crippen LogP contribution is -2.46. The largest absolute Gasteiger partial charge is 0.461 e. The van der Waals surface area contributed by atoms with E-state index in [0.29, 0.717) is 31.2 Å². The molecule has 1 saturated carbocycles. The fourth-order valence-electron chi connectivity index (χ4n) is 6.68. The maximum Gasteiger partial charge on any atom is 0.298 e. The van der Waals surface area contributed by atoms with Gasteiger partial charge in [-0.3, -0.25) is 9.13 Å². The van der Waals surface area contributed by atoms with Crippen molar-refractivity contribution in [1.29, 1.82) is 0 Å². The molecule has 7 rings (SSSR count). The topological polar surface area (TPSA) is 107 Å².